The van der Waals surface area contributed by atoms with Crippen molar-refractivity contribution < 1.29 is 4.42 Å². The van der Waals surface area contributed by atoms with Crippen LogP contribution in [0.25, 0.3) is 11.0 Å². The van der Waals surface area contributed by atoms with Gasteiger partial charge in [-0.1, -0.05) is 36.4 Å². The second kappa shape index (κ2) is 4.98. The summed E-state index contributed by atoms with van der Waals surface area (Å²) in [7, 11) is 0. The Morgan fingerprint density at radius 2 is 1.74 bits per heavy atom. The predicted molar refractivity (Wildman–Crippen MR) is 78.6 cm³/mol. The molecule has 0 saturated carbocycles. The zero-order valence-electron chi connectivity index (χ0n) is 10.6. The number of para-hydroxylation sites is 2. The molecule has 1 heterocycles. The van der Waals surface area contributed by atoms with Crippen LogP contribution in [0.1, 0.15) is 11.3 Å². The summed E-state index contributed by atoms with van der Waals surface area (Å²) in [5.41, 5.74) is 5.87. The minimum atomic E-state index is 0.875. The molecule has 0 aliphatic carbocycles. The average molecular weight is 250 g/mol. The van der Waals surface area contributed by atoms with E-state index < -0.39 is 0 Å². The summed E-state index contributed by atoms with van der Waals surface area (Å²) < 4.78 is 5.68. The van der Waals surface area contributed by atoms with Gasteiger partial charge >= 0.3 is 0 Å². The quantitative estimate of drug-likeness (QED) is 0.559. The van der Waals surface area contributed by atoms with E-state index in [0.29, 0.717) is 0 Å². The smallest absolute Gasteiger partial charge is 0.134 e. The Hall–Kier alpha value is -2.55. The Labute approximate surface area is 111 Å². The van der Waals surface area contributed by atoms with Crippen LogP contribution in [0.3, 0.4) is 0 Å². The monoisotopic (exact) mass is 250 g/mol. The van der Waals surface area contributed by atoms with Crippen molar-refractivity contribution in [1.82, 2.24) is 0 Å². The number of nitrogens with zero attached hydrogens (tertiary/aromatic N) is 1. The van der Waals surface area contributed by atoms with E-state index in [1.807, 2.05) is 61.5 Å². The largest absolute Gasteiger partial charge is 0.461 e. The lowest BCUT2D eigenvalue weighted by Gasteiger charge is -1.98. The number of hydrazone groups is 1. The first-order valence-corrected chi connectivity index (χ1v) is 6.17. The van der Waals surface area contributed by atoms with Crippen LogP contribution < -0.4 is 5.43 Å². The molecular weight excluding hydrogens is 236 g/mol. The van der Waals surface area contributed by atoms with Gasteiger partial charge in [0.1, 0.15) is 11.3 Å². The molecular formula is C16H14N2O. The van der Waals surface area contributed by atoms with Crippen molar-refractivity contribution in [3.63, 3.8) is 0 Å². The first-order chi connectivity index (χ1) is 9.34. The van der Waals surface area contributed by atoms with Gasteiger partial charge in [0, 0.05) is 10.9 Å². The maximum atomic E-state index is 5.68. The molecule has 1 aromatic heterocycles. The average Bonchev–Trinajstić information content (AvgIpc) is 2.76. The molecule has 3 rings (SSSR count). The summed E-state index contributed by atoms with van der Waals surface area (Å²) in [4.78, 5) is 0. The Kier molecular flexibility index (Phi) is 3.02. The SMILES string of the molecule is Cc1oc2ccccc2c1C=NNc1ccccc1. The fourth-order valence-electron chi connectivity index (χ4n) is 2.03. The predicted octanol–water partition coefficient (Wildman–Crippen LogP) is 4.19. The number of hydrogen-bond donors (Lipinski definition) is 1. The van der Waals surface area contributed by atoms with Crippen molar-refractivity contribution in [2.45, 2.75) is 6.92 Å². The van der Waals surface area contributed by atoms with Crippen LogP contribution in [0.15, 0.2) is 64.1 Å². The van der Waals surface area contributed by atoms with Gasteiger partial charge in [-0.05, 0) is 25.1 Å². The molecule has 3 nitrogen and oxygen atoms in total. The Morgan fingerprint density at radius 3 is 2.58 bits per heavy atom. The highest BCUT2D eigenvalue weighted by molar-refractivity contribution is 5.99. The molecule has 0 saturated heterocycles. The van der Waals surface area contributed by atoms with Gasteiger partial charge in [0.2, 0.25) is 0 Å². The molecule has 0 bridgehead atoms. The molecule has 0 aliphatic heterocycles. The van der Waals surface area contributed by atoms with Crippen LogP contribution in [-0.4, -0.2) is 6.21 Å². The van der Waals surface area contributed by atoms with Crippen molar-refractivity contribution in [2.24, 2.45) is 5.10 Å². The molecule has 0 radical (unpaired) electrons. The van der Waals surface area contributed by atoms with Crippen LogP contribution >= 0.6 is 0 Å². The number of fused-ring (bicyclic) bond motifs is 1. The molecule has 0 atom stereocenters. The van der Waals surface area contributed by atoms with E-state index in [4.69, 9.17) is 4.42 Å². The number of anilines is 1. The third-order valence-electron chi connectivity index (χ3n) is 2.98. The number of aryl methyl sites for hydroxylation is 1. The molecule has 0 unspecified atom stereocenters. The molecule has 3 aromatic rings. The van der Waals surface area contributed by atoms with E-state index in [-0.39, 0.29) is 0 Å². The fourth-order valence-corrected chi connectivity index (χ4v) is 2.03. The van der Waals surface area contributed by atoms with E-state index in [1.54, 1.807) is 6.21 Å². The molecule has 0 fully saturated rings. The number of furan rings is 1. The van der Waals surface area contributed by atoms with Crippen LogP contribution in [0, 0.1) is 6.92 Å². The Morgan fingerprint density at radius 1 is 1.00 bits per heavy atom. The maximum Gasteiger partial charge on any atom is 0.134 e. The zero-order valence-corrected chi connectivity index (χ0v) is 10.6. The van der Waals surface area contributed by atoms with Gasteiger partial charge in [-0.3, -0.25) is 5.43 Å². The lowest BCUT2D eigenvalue weighted by molar-refractivity contribution is 0.578. The molecule has 0 aliphatic rings. The number of rotatable bonds is 3. The summed E-state index contributed by atoms with van der Waals surface area (Å²) in [6.45, 7) is 1.95. The van der Waals surface area contributed by atoms with Crippen molar-refractivity contribution >= 4 is 22.9 Å². The topological polar surface area (TPSA) is 37.5 Å². The Bertz CT molecular complexity index is 714. The minimum Gasteiger partial charge on any atom is -0.461 e. The summed E-state index contributed by atoms with van der Waals surface area (Å²) >= 11 is 0. The van der Waals surface area contributed by atoms with Gasteiger partial charge in [0.05, 0.1) is 11.9 Å². The van der Waals surface area contributed by atoms with Gasteiger partial charge < -0.3 is 4.42 Å². The lowest BCUT2D eigenvalue weighted by Crippen LogP contribution is -1.90. The van der Waals surface area contributed by atoms with Crippen LogP contribution in [0.4, 0.5) is 5.69 Å². The van der Waals surface area contributed by atoms with Gasteiger partial charge in [0.15, 0.2) is 0 Å². The minimum absolute atomic E-state index is 0.875. The fraction of sp³-hybridized carbons (Fsp3) is 0.0625. The Balaban J connectivity index is 1.87. The third kappa shape index (κ3) is 2.36. The summed E-state index contributed by atoms with van der Waals surface area (Å²) in [5.74, 6) is 0.875. The van der Waals surface area contributed by atoms with Gasteiger partial charge in [-0.25, -0.2) is 0 Å². The standard InChI is InChI=1S/C16H14N2O/c1-12-15(14-9-5-6-10-16(14)19-12)11-17-18-13-7-3-2-4-8-13/h2-11,18H,1H3. The molecule has 94 valence electrons. The number of nitrogens with one attached hydrogen (secondary N) is 1. The maximum absolute atomic E-state index is 5.68. The highest BCUT2D eigenvalue weighted by atomic mass is 16.3. The van der Waals surface area contributed by atoms with E-state index in [2.05, 4.69) is 10.5 Å². The second-order valence-electron chi connectivity index (χ2n) is 4.30. The number of hydrogen-bond acceptors (Lipinski definition) is 3. The normalized spacial score (nSPS) is 11.2. The molecule has 0 spiro atoms. The molecule has 2 aromatic carbocycles. The second-order valence-corrected chi connectivity index (χ2v) is 4.30. The van der Waals surface area contributed by atoms with Gasteiger partial charge in [-0.15, -0.1) is 0 Å². The summed E-state index contributed by atoms with van der Waals surface area (Å²) in [6.07, 6.45) is 1.80. The van der Waals surface area contributed by atoms with Crippen molar-refractivity contribution in [3.05, 3.63) is 65.9 Å². The highest BCUT2D eigenvalue weighted by Crippen LogP contribution is 2.23. The van der Waals surface area contributed by atoms with Crippen molar-refractivity contribution in [2.75, 3.05) is 5.43 Å². The van der Waals surface area contributed by atoms with Gasteiger partial charge in [-0.2, -0.15) is 5.10 Å². The summed E-state index contributed by atoms with van der Waals surface area (Å²) in [6, 6.07) is 17.8. The van der Waals surface area contributed by atoms with E-state index in [0.717, 1.165) is 28.0 Å². The summed E-state index contributed by atoms with van der Waals surface area (Å²) in [5, 5.41) is 5.34. The lowest BCUT2D eigenvalue weighted by atomic mass is 10.1. The first kappa shape index (κ1) is 11.5. The van der Waals surface area contributed by atoms with E-state index >= 15 is 0 Å². The molecule has 0 amide bonds. The van der Waals surface area contributed by atoms with Crippen LogP contribution in [0.5, 0.6) is 0 Å². The molecule has 1 N–H and O–H groups in total. The van der Waals surface area contributed by atoms with Crippen molar-refractivity contribution in [3.8, 4) is 0 Å². The first-order valence-electron chi connectivity index (χ1n) is 6.17. The third-order valence-corrected chi connectivity index (χ3v) is 2.98. The van der Waals surface area contributed by atoms with Crippen LogP contribution in [0.2, 0.25) is 0 Å². The number of benzene rings is 2. The highest BCUT2D eigenvalue weighted by Gasteiger charge is 2.07. The molecule has 3 heteroatoms. The van der Waals surface area contributed by atoms with Crippen molar-refractivity contribution in [1.29, 1.82) is 0 Å². The zero-order chi connectivity index (χ0) is 13.1. The van der Waals surface area contributed by atoms with E-state index in [9.17, 15) is 0 Å². The van der Waals surface area contributed by atoms with E-state index in [1.165, 1.54) is 0 Å². The van der Waals surface area contributed by atoms with Gasteiger partial charge in [0.25, 0.3) is 0 Å². The molecule has 19 heavy (non-hydrogen) atoms. The van der Waals surface area contributed by atoms with Crippen LogP contribution in [-0.2, 0) is 0 Å².